The quantitative estimate of drug-likeness (QED) is 0.689. The Bertz CT molecular complexity index is 511. The van der Waals surface area contributed by atoms with Crippen molar-refractivity contribution in [3.63, 3.8) is 0 Å². The molecule has 0 atom stereocenters. The molecule has 0 spiro atoms. The largest absolute Gasteiger partial charge is 0.500 e. The Hall–Kier alpha value is -2.22. The van der Waals surface area contributed by atoms with Crippen LogP contribution in [0.15, 0.2) is 16.7 Å². The first-order valence-corrected chi connectivity index (χ1v) is 4.43. The third-order valence-electron chi connectivity index (χ3n) is 1.62. The lowest BCUT2D eigenvalue weighted by molar-refractivity contribution is 0.316. The average molecular weight is 206 g/mol. The lowest BCUT2D eigenvalue weighted by atomic mass is 10.3. The van der Waals surface area contributed by atoms with Gasteiger partial charge >= 0.3 is 5.95 Å². The van der Waals surface area contributed by atoms with E-state index >= 15 is 0 Å². The van der Waals surface area contributed by atoms with E-state index in [1.54, 1.807) is 0 Å². The molecule has 2 aromatic rings. The van der Waals surface area contributed by atoms with Crippen LogP contribution in [-0.4, -0.2) is 15.2 Å². The number of aromatic nitrogens is 1. The maximum absolute atomic E-state index is 9.17. The molecule has 15 heavy (non-hydrogen) atoms. The van der Waals surface area contributed by atoms with Crippen molar-refractivity contribution in [1.82, 2.24) is 4.98 Å². The summed E-state index contributed by atoms with van der Waals surface area (Å²) in [5, 5.41) is 26.7. The predicted octanol–water partition coefficient (Wildman–Crippen LogP) is 2.14. The van der Waals surface area contributed by atoms with Crippen LogP contribution in [0.2, 0.25) is 0 Å². The number of fused-ring (bicyclic) bond motifs is 1. The molecule has 5 nitrogen and oxygen atoms in total. The highest BCUT2D eigenvalue weighted by Gasteiger charge is 2.13. The van der Waals surface area contributed by atoms with E-state index in [0.717, 1.165) is 0 Å². The molecule has 2 rings (SSSR count). The van der Waals surface area contributed by atoms with Crippen molar-refractivity contribution in [2.24, 2.45) is 0 Å². The van der Waals surface area contributed by atoms with Crippen molar-refractivity contribution in [3.05, 3.63) is 17.8 Å². The van der Waals surface area contributed by atoms with Crippen molar-refractivity contribution in [1.29, 1.82) is 5.26 Å². The van der Waals surface area contributed by atoms with E-state index in [2.05, 4.69) is 4.98 Å². The Labute approximate surface area is 86.2 Å². The third-order valence-corrected chi connectivity index (χ3v) is 1.62. The molecule has 0 aliphatic carbocycles. The van der Waals surface area contributed by atoms with Crippen LogP contribution in [0.25, 0.3) is 11.1 Å². The van der Waals surface area contributed by atoms with E-state index in [9.17, 15) is 5.11 Å². The second-order valence-corrected chi connectivity index (χ2v) is 2.44. The van der Waals surface area contributed by atoms with Gasteiger partial charge in [0.2, 0.25) is 5.75 Å². The average Bonchev–Trinajstić information content (AvgIpc) is 2.57. The zero-order valence-corrected chi connectivity index (χ0v) is 8.35. The fraction of sp³-hybridized carbons (Fsp3) is 0.200. The first kappa shape index (κ1) is 10.9. The fourth-order valence-electron chi connectivity index (χ4n) is 1.02. The van der Waals surface area contributed by atoms with Crippen LogP contribution >= 0.6 is 0 Å². The Morgan fingerprint density at radius 3 is 2.67 bits per heavy atom. The molecule has 0 aromatic carbocycles. The van der Waals surface area contributed by atoms with Crippen LogP contribution in [-0.2, 0) is 0 Å². The standard InChI is InChI=1S/C8H4N2O3.C2H6/c9-2-4-1-5-6(10-3-4)7(11)8(12)13-5;1-2/h1,3,11-12H;1-2H3. The van der Waals surface area contributed by atoms with Gasteiger partial charge in [-0.15, -0.1) is 0 Å². The van der Waals surface area contributed by atoms with Crippen LogP contribution in [0.1, 0.15) is 19.4 Å². The minimum atomic E-state index is -0.586. The molecule has 2 aromatic heterocycles. The Balaban J connectivity index is 0.000000531. The first-order chi connectivity index (χ1) is 7.22. The molecule has 0 aliphatic rings. The zero-order valence-electron chi connectivity index (χ0n) is 8.35. The third kappa shape index (κ3) is 1.83. The summed E-state index contributed by atoms with van der Waals surface area (Å²) in [4.78, 5) is 3.75. The van der Waals surface area contributed by atoms with Crippen molar-refractivity contribution in [2.75, 3.05) is 0 Å². The molecule has 0 amide bonds. The minimum absolute atomic E-state index is 0.150. The Kier molecular flexibility index (Phi) is 3.13. The number of furan rings is 1. The number of nitrogens with zero attached hydrogens (tertiary/aromatic N) is 2. The van der Waals surface area contributed by atoms with Gasteiger partial charge in [0.05, 0.1) is 5.56 Å². The van der Waals surface area contributed by atoms with Crippen molar-refractivity contribution < 1.29 is 14.6 Å². The van der Waals surface area contributed by atoms with Gasteiger partial charge in [-0.05, 0) is 0 Å². The maximum atomic E-state index is 9.17. The molecule has 2 heterocycles. The van der Waals surface area contributed by atoms with E-state index in [-0.39, 0.29) is 11.1 Å². The number of hydrogen-bond acceptors (Lipinski definition) is 5. The number of hydrogen-bond donors (Lipinski definition) is 2. The summed E-state index contributed by atoms with van der Waals surface area (Å²) >= 11 is 0. The van der Waals surface area contributed by atoms with E-state index in [4.69, 9.17) is 14.8 Å². The molecule has 0 bridgehead atoms. The lowest BCUT2D eigenvalue weighted by Gasteiger charge is -1.87. The van der Waals surface area contributed by atoms with Gasteiger partial charge in [-0.2, -0.15) is 5.26 Å². The highest BCUT2D eigenvalue weighted by atomic mass is 16.5. The molecule has 5 heteroatoms. The van der Waals surface area contributed by atoms with Gasteiger partial charge in [-0.1, -0.05) is 13.8 Å². The molecule has 0 radical (unpaired) electrons. The predicted molar refractivity (Wildman–Crippen MR) is 53.4 cm³/mol. The fourth-order valence-corrected chi connectivity index (χ4v) is 1.02. The summed E-state index contributed by atoms with van der Waals surface area (Å²) in [6.45, 7) is 4.00. The molecule has 0 aliphatic heterocycles. The second-order valence-electron chi connectivity index (χ2n) is 2.44. The molecule has 0 unspecified atom stereocenters. The number of pyridine rings is 1. The monoisotopic (exact) mass is 206 g/mol. The van der Waals surface area contributed by atoms with E-state index in [1.807, 2.05) is 19.9 Å². The van der Waals surface area contributed by atoms with E-state index in [0.29, 0.717) is 5.56 Å². The Morgan fingerprint density at radius 2 is 2.07 bits per heavy atom. The highest BCUT2D eigenvalue weighted by Crippen LogP contribution is 2.35. The molecule has 0 saturated carbocycles. The van der Waals surface area contributed by atoms with Crippen molar-refractivity contribution >= 4 is 11.1 Å². The molecular weight excluding hydrogens is 196 g/mol. The van der Waals surface area contributed by atoms with Crippen molar-refractivity contribution in [2.45, 2.75) is 13.8 Å². The summed E-state index contributed by atoms with van der Waals surface area (Å²) in [6.07, 6.45) is 1.29. The summed E-state index contributed by atoms with van der Waals surface area (Å²) in [7, 11) is 0. The zero-order chi connectivity index (χ0) is 11.4. The van der Waals surface area contributed by atoms with E-state index < -0.39 is 11.7 Å². The van der Waals surface area contributed by atoms with Gasteiger partial charge in [0.15, 0.2) is 11.1 Å². The molecular formula is C10H10N2O3. The van der Waals surface area contributed by atoms with Crippen LogP contribution in [0.5, 0.6) is 11.7 Å². The molecule has 0 fully saturated rings. The molecule has 2 N–H and O–H groups in total. The number of aromatic hydroxyl groups is 2. The number of rotatable bonds is 0. The topological polar surface area (TPSA) is 90.3 Å². The lowest BCUT2D eigenvalue weighted by Crippen LogP contribution is -1.77. The van der Waals surface area contributed by atoms with E-state index in [1.165, 1.54) is 12.3 Å². The molecule has 78 valence electrons. The van der Waals surface area contributed by atoms with Crippen LogP contribution in [0.3, 0.4) is 0 Å². The summed E-state index contributed by atoms with van der Waals surface area (Å²) < 4.78 is 4.73. The van der Waals surface area contributed by atoms with Gasteiger partial charge in [-0.3, -0.25) is 0 Å². The minimum Gasteiger partial charge on any atom is -0.500 e. The number of nitriles is 1. The summed E-state index contributed by atoms with van der Waals surface area (Å²) in [5.74, 6) is -0.989. The van der Waals surface area contributed by atoms with Crippen LogP contribution in [0, 0.1) is 11.3 Å². The molecule has 0 saturated heterocycles. The van der Waals surface area contributed by atoms with Crippen LogP contribution in [0.4, 0.5) is 0 Å². The maximum Gasteiger partial charge on any atom is 0.328 e. The SMILES string of the molecule is CC.N#Cc1cnc2c(O)c(O)oc2c1. The van der Waals surface area contributed by atoms with Gasteiger partial charge in [-0.25, -0.2) is 4.98 Å². The first-order valence-electron chi connectivity index (χ1n) is 4.43. The summed E-state index contributed by atoms with van der Waals surface area (Å²) in [6, 6.07) is 3.25. The van der Waals surface area contributed by atoms with Crippen molar-refractivity contribution in [3.8, 4) is 17.8 Å². The van der Waals surface area contributed by atoms with Gasteiger partial charge in [0.25, 0.3) is 0 Å². The Morgan fingerprint density at radius 1 is 1.40 bits per heavy atom. The van der Waals surface area contributed by atoms with Gasteiger partial charge < -0.3 is 14.6 Å². The van der Waals surface area contributed by atoms with Crippen LogP contribution < -0.4 is 0 Å². The smallest absolute Gasteiger partial charge is 0.328 e. The summed E-state index contributed by atoms with van der Waals surface area (Å²) in [5.41, 5.74) is 0.645. The normalized spacial score (nSPS) is 9.13. The highest BCUT2D eigenvalue weighted by molar-refractivity contribution is 5.82. The van der Waals surface area contributed by atoms with Gasteiger partial charge in [0.1, 0.15) is 6.07 Å². The second kappa shape index (κ2) is 4.33. The van der Waals surface area contributed by atoms with Gasteiger partial charge in [0, 0.05) is 12.3 Å².